The van der Waals surface area contributed by atoms with Crippen molar-refractivity contribution in [2.45, 2.75) is 44.4 Å². The maximum atomic E-state index is 5.65. The molecule has 0 radical (unpaired) electrons. The third kappa shape index (κ3) is 3.41. The molecule has 0 bridgehead atoms. The number of nitrogens with zero attached hydrogens (tertiary/aromatic N) is 1. The van der Waals surface area contributed by atoms with Gasteiger partial charge in [-0.05, 0) is 25.8 Å². The smallest absolute Gasteiger partial charge is 0.0710 e. The molecule has 3 unspecified atom stereocenters. The van der Waals surface area contributed by atoms with Gasteiger partial charge in [0.15, 0.2) is 0 Å². The molecular formula is C13H26N2O2. The Morgan fingerprint density at radius 3 is 3.00 bits per heavy atom. The normalized spacial score (nSPS) is 35.3. The predicted octanol–water partition coefficient (Wildman–Crippen LogP) is 0.864. The predicted molar refractivity (Wildman–Crippen MR) is 68.3 cm³/mol. The van der Waals surface area contributed by atoms with Crippen LogP contribution in [0.3, 0.4) is 0 Å². The summed E-state index contributed by atoms with van der Waals surface area (Å²) >= 11 is 0. The third-order valence-corrected chi connectivity index (χ3v) is 3.96. The molecule has 17 heavy (non-hydrogen) atoms. The molecule has 2 aliphatic rings. The van der Waals surface area contributed by atoms with Crippen LogP contribution < -0.4 is 5.32 Å². The summed E-state index contributed by atoms with van der Waals surface area (Å²) in [6.45, 7) is 7.32. The van der Waals surface area contributed by atoms with Gasteiger partial charge in [0.2, 0.25) is 0 Å². The van der Waals surface area contributed by atoms with Crippen LogP contribution in [0.2, 0.25) is 0 Å². The molecule has 4 nitrogen and oxygen atoms in total. The minimum absolute atomic E-state index is 0.420. The number of methoxy groups -OCH3 is 1. The highest BCUT2D eigenvalue weighted by Gasteiger charge is 2.34. The minimum atomic E-state index is 0.420. The van der Waals surface area contributed by atoms with E-state index in [9.17, 15) is 0 Å². The Morgan fingerprint density at radius 1 is 1.41 bits per heavy atom. The molecule has 3 atom stereocenters. The van der Waals surface area contributed by atoms with E-state index in [0.29, 0.717) is 18.2 Å². The fourth-order valence-corrected chi connectivity index (χ4v) is 2.90. The minimum Gasteiger partial charge on any atom is -0.380 e. The summed E-state index contributed by atoms with van der Waals surface area (Å²) in [5.74, 6) is 0. The Balaban J connectivity index is 1.87. The quantitative estimate of drug-likeness (QED) is 0.775. The highest BCUT2D eigenvalue weighted by molar-refractivity contribution is 4.91. The van der Waals surface area contributed by atoms with Crippen molar-refractivity contribution in [1.29, 1.82) is 0 Å². The summed E-state index contributed by atoms with van der Waals surface area (Å²) in [4.78, 5) is 2.54. The first-order valence-electron chi connectivity index (χ1n) is 6.93. The standard InChI is InChI=1S/C13H26N2O2/c1-3-6-14-12-5-8-17-10-13(12)15-7-4-11(9-15)16-2/h11-14H,3-10H2,1-2H3. The van der Waals surface area contributed by atoms with Crippen LogP contribution in [-0.4, -0.2) is 63.0 Å². The van der Waals surface area contributed by atoms with E-state index in [1.807, 2.05) is 7.11 Å². The average Bonchev–Trinajstić information content (AvgIpc) is 2.85. The fourth-order valence-electron chi connectivity index (χ4n) is 2.90. The van der Waals surface area contributed by atoms with Gasteiger partial charge >= 0.3 is 0 Å². The molecule has 100 valence electrons. The maximum Gasteiger partial charge on any atom is 0.0710 e. The summed E-state index contributed by atoms with van der Waals surface area (Å²) < 4.78 is 11.1. The van der Waals surface area contributed by atoms with Crippen LogP contribution in [0.25, 0.3) is 0 Å². The van der Waals surface area contributed by atoms with Crippen LogP contribution in [0.5, 0.6) is 0 Å². The molecule has 4 heteroatoms. The van der Waals surface area contributed by atoms with E-state index in [2.05, 4.69) is 17.1 Å². The molecular weight excluding hydrogens is 216 g/mol. The van der Waals surface area contributed by atoms with E-state index in [-0.39, 0.29) is 0 Å². The Morgan fingerprint density at radius 2 is 2.29 bits per heavy atom. The molecule has 0 amide bonds. The highest BCUT2D eigenvalue weighted by Crippen LogP contribution is 2.21. The second-order valence-corrected chi connectivity index (χ2v) is 5.13. The summed E-state index contributed by atoms with van der Waals surface area (Å²) in [6.07, 6.45) is 3.92. The van der Waals surface area contributed by atoms with Gasteiger partial charge in [0.1, 0.15) is 0 Å². The van der Waals surface area contributed by atoms with Crippen LogP contribution in [0.1, 0.15) is 26.2 Å². The number of nitrogens with one attached hydrogen (secondary N) is 1. The number of hydrogen-bond acceptors (Lipinski definition) is 4. The molecule has 2 heterocycles. The fraction of sp³-hybridized carbons (Fsp3) is 1.00. The lowest BCUT2D eigenvalue weighted by Gasteiger charge is -2.38. The Labute approximate surface area is 105 Å². The van der Waals surface area contributed by atoms with E-state index in [0.717, 1.165) is 45.7 Å². The lowest BCUT2D eigenvalue weighted by Crippen LogP contribution is -2.55. The molecule has 0 aromatic heterocycles. The first kappa shape index (κ1) is 13.3. The van der Waals surface area contributed by atoms with Crippen molar-refractivity contribution in [1.82, 2.24) is 10.2 Å². The van der Waals surface area contributed by atoms with Crippen molar-refractivity contribution in [3.8, 4) is 0 Å². The van der Waals surface area contributed by atoms with E-state index < -0.39 is 0 Å². The van der Waals surface area contributed by atoms with Gasteiger partial charge < -0.3 is 14.8 Å². The van der Waals surface area contributed by atoms with Gasteiger partial charge in [-0.3, -0.25) is 4.90 Å². The van der Waals surface area contributed by atoms with Gasteiger partial charge in [0.05, 0.1) is 12.7 Å². The second-order valence-electron chi connectivity index (χ2n) is 5.13. The van der Waals surface area contributed by atoms with Crippen molar-refractivity contribution in [3.05, 3.63) is 0 Å². The van der Waals surface area contributed by atoms with Crippen LogP contribution >= 0.6 is 0 Å². The van der Waals surface area contributed by atoms with Crippen molar-refractivity contribution in [3.63, 3.8) is 0 Å². The van der Waals surface area contributed by atoms with Gasteiger partial charge in [-0.1, -0.05) is 6.92 Å². The number of ether oxygens (including phenoxy) is 2. The van der Waals surface area contributed by atoms with Crippen molar-refractivity contribution < 1.29 is 9.47 Å². The molecule has 2 fully saturated rings. The maximum absolute atomic E-state index is 5.65. The van der Waals surface area contributed by atoms with Crippen LogP contribution in [0, 0.1) is 0 Å². The summed E-state index contributed by atoms with van der Waals surface area (Å²) in [5.41, 5.74) is 0. The topological polar surface area (TPSA) is 33.7 Å². The second kappa shape index (κ2) is 6.69. The van der Waals surface area contributed by atoms with Gasteiger partial charge in [0.25, 0.3) is 0 Å². The van der Waals surface area contributed by atoms with Crippen LogP contribution in [0.15, 0.2) is 0 Å². The van der Waals surface area contributed by atoms with E-state index in [1.54, 1.807) is 0 Å². The monoisotopic (exact) mass is 242 g/mol. The molecule has 0 spiro atoms. The number of rotatable bonds is 5. The third-order valence-electron chi connectivity index (χ3n) is 3.96. The highest BCUT2D eigenvalue weighted by atomic mass is 16.5. The molecule has 0 aliphatic carbocycles. The first-order valence-corrected chi connectivity index (χ1v) is 6.93. The van der Waals surface area contributed by atoms with Crippen LogP contribution in [0.4, 0.5) is 0 Å². The summed E-state index contributed by atoms with van der Waals surface area (Å²) in [7, 11) is 1.82. The van der Waals surface area contributed by atoms with Gasteiger partial charge in [-0.15, -0.1) is 0 Å². The molecule has 2 aliphatic heterocycles. The van der Waals surface area contributed by atoms with E-state index >= 15 is 0 Å². The van der Waals surface area contributed by atoms with Crippen molar-refractivity contribution in [2.75, 3.05) is 40.0 Å². The lowest BCUT2D eigenvalue weighted by molar-refractivity contribution is -0.000845. The lowest BCUT2D eigenvalue weighted by atomic mass is 10.0. The Hall–Kier alpha value is -0.160. The largest absolute Gasteiger partial charge is 0.380 e. The van der Waals surface area contributed by atoms with Crippen molar-refractivity contribution >= 4 is 0 Å². The first-order chi connectivity index (χ1) is 8.35. The summed E-state index contributed by atoms with van der Waals surface area (Å²) in [5, 5.41) is 3.67. The zero-order valence-electron chi connectivity index (χ0n) is 11.2. The molecule has 1 N–H and O–H groups in total. The Bertz CT molecular complexity index is 223. The molecule has 2 saturated heterocycles. The van der Waals surface area contributed by atoms with Gasteiger partial charge in [0, 0.05) is 38.9 Å². The average molecular weight is 242 g/mol. The zero-order valence-corrected chi connectivity index (χ0v) is 11.2. The number of likely N-dealkylation sites (tertiary alicyclic amines) is 1. The van der Waals surface area contributed by atoms with Crippen LogP contribution in [-0.2, 0) is 9.47 Å². The molecule has 0 saturated carbocycles. The number of hydrogen-bond donors (Lipinski definition) is 1. The molecule has 2 rings (SSSR count). The molecule has 0 aromatic rings. The van der Waals surface area contributed by atoms with E-state index in [1.165, 1.54) is 6.42 Å². The van der Waals surface area contributed by atoms with Gasteiger partial charge in [-0.2, -0.15) is 0 Å². The van der Waals surface area contributed by atoms with E-state index in [4.69, 9.17) is 9.47 Å². The summed E-state index contributed by atoms with van der Waals surface area (Å²) in [6, 6.07) is 1.13. The Kier molecular flexibility index (Phi) is 5.22. The van der Waals surface area contributed by atoms with Gasteiger partial charge in [-0.25, -0.2) is 0 Å². The zero-order chi connectivity index (χ0) is 12.1. The SMILES string of the molecule is CCCNC1CCOCC1N1CCC(OC)C1. The molecule has 0 aromatic carbocycles. The van der Waals surface area contributed by atoms with Crippen molar-refractivity contribution in [2.24, 2.45) is 0 Å².